The van der Waals surface area contributed by atoms with Gasteiger partial charge in [-0.3, -0.25) is 4.79 Å². The van der Waals surface area contributed by atoms with Crippen molar-refractivity contribution >= 4 is 28.2 Å². The third kappa shape index (κ3) is 6.18. The minimum Gasteiger partial charge on any atom is -0.352 e. The lowest BCUT2D eigenvalue weighted by atomic mass is 10.2. The van der Waals surface area contributed by atoms with E-state index >= 15 is 0 Å². The molecule has 6 nitrogen and oxygen atoms in total. The Labute approximate surface area is 152 Å². The van der Waals surface area contributed by atoms with Crippen molar-refractivity contribution in [2.75, 3.05) is 39.3 Å². The molecule has 142 valence electrons. The monoisotopic (exact) mass is 397 g/mol. The lowest BCUT2D eigenvalue weighted by Gasteiger charge is -2.27. The fourth-order valence-corrected chi connectivity index (χ4v) is 3.16. The van der Waals surface area contributed by atoms with Crippen LogP contribution in [0.4, 0.5) is 8.78 Å². The molecule has 0 radical (unpaired) electrons. The van der Waals surface area contributed by atoms with Crippen LogP contribution in [0, 0.1) is 0 Å². The summed E-state index contributed by atoms with van der Waals surface area (Å²) in [5, 5.41) is 6.01. The Bertz CT molecular complexity index is 650. The van der Waals surface area contributed by atoms with Gasteiger partial charge in [0.1, 0.15) is 0 Å². The standard InChI is InChI=1S/C15H21F2N3O3S.ClH/c16-15(17)24(22,23)13-4-2-12(3-5-13)14(21)19-6-1-9-20-10-7-18-8-11-20;/h2-5,15,18H,1,6-11H2,(H,19,21);1H. The number of piperazine rings is 1. The van der Waals surface area contributed by atoms with E-state index in [-0.39, 0.29) is 23.9 Å². The molecular weight excluding hydrogens is 376 g/mol. The van der Waals surface area contributed by atoms with Crippen molar-refractivity contribution in [3.8, 4) is 0 Å². The molecule has 0 spiro atoms. The smallest absolute Gasteiger partial charge is 0.341 e. The highest BCUT2D eigenvalue weighted by Crippen LogP contribution is 2.18. The minimum atomic E-state index is -4.63. The molecule has 2 N–H and O–H groups in total. The molecule has 0 unspecified atom stereocenters. The number of nitrogens with one attached hydrogen (secondary N) is 2. The molecule has 1 fully saturated rings. The minimum absolute atomic E-state index is 0. The van der Waals surface area contributed by atoms with E-state index in [2.05, 4.69) is 15.5 Å². The van der Waals surface area contributed by atoms with Crippen LogP contribution in [0.25, 0.3) is 0 Å². The van der Waals surface area contributed by atoms with Gasteiger partial charge in [0, 0.05) is 38.3 Å². The number of hydrogen-bond donors (Lipinski definition) is 2. The summed E-state index contributed by atoms with van der Waals surface area (Å²) in [6.45, 7) is 5.33. The van der Waals surface area contributed by atoms with E-state index in [4.69, 9.17) is 0 Å². The molecule has 10 heteroatoms. The molecule has 1 aromatic carbocycles. The lowest BCUT2D eigenvalue weighted by Crippen LogP contribution is -2.44. The number of benzene rings is 1. The van der Waals surface area contributed by atoms with Crippen LogP contribution >= 0.6 is 12.4 Å². The van der Waals surface area contributed by atoms with E-state index in [0.717, 1.165) is 51.3 Å². The molecule has 1 aliphatic heterocycles. The summed E-state index contributed by atoms with van der Waals surface area (Å²) in [6, 6.07) is 4.52. The molecule has 1 amide bonds. The Hall–Kier alpha value is -1.29. The highest BCUT2D eigenvalue weighted by atomic mass is 35.5. The Balaban J connectivity index is 0.00000312. The van der Waals surface area contributed by atoms with Crippen molar-refractivity contribution in [3.63, 3.8) is 0 Å². The van der Waals surface area contributed by atoms with Crippen LogP contribution in [0.5, 0.6) is 0 Å². The Morgan fingerprint density at radius 3 is 2.36 bits per heavy atom. The SMILES string of the molecule is Cl.O=C(NCCCN1CCNCC1)c1ccc(S(=O)(=O)C(F)F)cc1. The predicted octanol–water partition coefficient (Wildman–Crippen LogP) is 1.13. The van der Waals surface area contributed by atoms with Crippen LogP contribution < -0.4 is 10.6 Å². The predicted molar refractivity (Wildman–Crippen MR) is 93.1 cm³/mol. The summed E-state index contributed by atoms with van der Waals surface area (Å²) in [6.07, 6.45) is 0.809. The first kappa shape index (κ1) is 21.8. The van der Waals surface area contributed by atoms with Gasteiger partial charge in [-0.25, -0.2) is 8.42 Å². The normalized spacial score (nSPS) is 15.6. The molecule has 1 heterocycles. The van der Waals surface area contributed by atoms with E-state index in [1.165, 1.54) is 12.1 Å². The second kappa shape index (κ2) is 10.0. The largest absolute Gasteiger partial charge is 0.352 e. The maximum absolute atomic E-state index is 12.4. The van der Waals surface area contributed by atoms with Crippen LogP contribution in [0.15, 0.2) is 29.2 Å². The number of sulfone groups is 1. The molecule has 0 bridgehead atoms. The van der Waals surface area contributed by atoms with Crippen molar-refractivity contribution in [1.82, 2.24) is 15.5 Å². The lowest BCUT2D eigenvalue weighted by molar-refractivity contribution is 0.0951. The van der Waals surface area contributed by atoms with Gasteiger partial charge < -0.3 is 15.5 Å². The van der Waals surface area contributed by atoms with Gasteiger partial charge in [0.05, 0.1) is 4.90 Å². The summed E-state index contributed by atoms with van der Waals surface area (Å²) in [5.41, 5.74) is 0.241. The molecule has 1 aliphatic rings. The van der Waals surface area contributed by atoms with Crippen LogP contribution in [0.3, 0.4) is 0 Å². The summed E-state index contributed by atoms with van der Waals surface area (Å²) >= 11 is 0. The van der Waals surface area contributed by atoms with Gasteiger partial charge in [-0.05, 0) is 37.2 Å². The van der Waals surface area contributed by atoms with Crippen molar-refractivity contribution in [2.24, 2.45) is 0 Å². The third-order valence-corrected chi connectivity index (χ3v) is 5.22. The van der Waals surface area contributed by atoms with Crippen molar-refractivity contribution in [1.29, 1.82) is 0 Å². The summed E-state index contributed by atoms with van der Waals surface area (Å²) in [4.78, 5) is 13.8. The Morgan fingerprint density at radius 1 is 1.20 bits per heavy atom. The van der Waals surface area contributed by atoms with Gasteiger partial charge in [-0.15, -0.1) is 12.4 Å². The second-order valence-electron chi connectivity index (χ2n) is 5.53. The highest BCUT2D eigenvalue weighted by molar-refractivity contribution is 7.91. The molecule has 1 aromatic rings. The fraction of sp³-hybridized carbons (Fsp3) is 0.533. The molecule has 2 rings (SSSR count). The van der Waals surface area contributed by atoms with Crippen LogP contribution in [-0.2, 0) is 9.84 Å². The van der Waals surface area contributed by atoms with E-state index in [1.54, 1.807) is 0 Å². The first-order chi connectivity index (χ1) is 11.4. The van der Waals surface area contributed by atoms with E-state index < -0.39 is 20.5 Å². The Kier molecular flexibility index (Phi) is 8.70. The topological polar surface area (TPSA) is 78.5 Å². The van der Waals surface area contributed by atoms with Crippen molar-refractivity contribution in [3.05, 3.63) is 29.8 Å². The molecule has 1 saturated heterocycles. The highest BCUT2D eigenvalue weighted by Gasteiger charge is 2.26. The zero-order valence-electron chi connectivity index (χ0n) is 13.6. The number of alkyl halides is 2. The van der Waals surface area contributed by atoms with Crippen LogP contribution in [0.2, 0.25) is 0 Å². The Morgan fingerprint density at radius 2 is 1.80 bits per heavy atom. The zero-order chi connectivity index (χ0) is 17.6. The van der Waals surface area contributed by atoms with E-state index in [0.29, 0.717) is 6.54 Å². The summed E-state index contributed by atoms with van der Waals surface area (Å²) < 4.78 is 47.5. The average molecular weight is 398 g/mol. The van der Waals surface area contributed by atoms with Crippen molar-refractivity contribution < 1.29 is 22.0 Å². The van der Waals surface area contributed by atoms with Crippen LogP contribution in [0.1, 0.15) is 16.8 Å². The van der Waals surface area contributed by atoms with E-state index in [9.17, 15) is 22.0 Å². The molecular formula is C15H22ClF2N3O3S. The number of hydrogen-bond acceptors (Lipinski definition) is 5. The summed E-state index contributed by atoms with van der Waals surface area (Å²) in [5.74, 6) is -3.82. The number of amides is 1. The second-order valence-corrected chi connectivity index (χ2v) is 7.45. The molecule has 0 atom stereocenters. The number of halogens is 3. The molecule has 0 aromatic heterocycles. The van der Waals surface area contributed by atoms with Gasteiger partial charge in [0.25, 0.3) is 5.91 Å². The first-order valence-electron chi connectivity index (χ1n) is 7.74. The zero-order valence-corrected chi connectivity index (χ0v) is 15.2. The number of carbonyl (C=O) groups excluding carboxylic acids is 1. The number of rotatable bonds is 7. The molecule has 0 saturated carbocycles. The van der Waals surface area contributed by atoms with Crippen LogP contribution in [-0.4, -0.2) is 64.3 Å². The third-order valence-electron chi connectivity index (χ3n) is 3.83. The molecule has 0 aliphatic carbocycles. The van der Waals surface area contributed by atoms with Crippen molar-refractivity contribution in [2.45, 2.75) is 17.1 Å². The number of carbonyl (C=O) groups is 1. The van der Waals surface area contributed by atoms with Gasteiger partial charge in [0.2, 0.25) is 9.84 Å². The van der Waals surface area contributed by atoms with Gasteiger partial charge in [-0.1, -0.05) is 0 Å². The maximum Gasteiger partial charge on any atom is 0.341 e. The fourth-order valence-electron chi connectivity index (χ4n) is 2.44. The van der Waals surface area contributed by atoms with E-state index in [1.807, 2.05) is 0 Å². The summed E-state index contributed by atoms with van der Waals surface area (Å²) in [7, 11) is -4.63. The van der Waals surface area contributed by atoms with Gasteiger partial charge in [0.15, 0.2) is 0 Å². The number of nitrogens with zero attached hydrogens (tertiary/aromatic N) is 1. The van der Waals surface area contributed by atoms with Gasteiger partial charge in [-0.2, -0.15) is 8.78 Å². The van der Waals surface area contributed by atoms with Gasteiger partial charge >= 0.3 is 5.76 Å². The quantitative estimate of drug-likeness (QED) is 0.674. The average Bonchev–Trinajstić information content (AvgIpc) is 2.59. The molecule has 25 heavy (non-hydrogen) atoms. The first-order valence-corrected chi connectivity index (χ1v) is 9.29. The maximum atomic E-state index is 12.4.